The van der Waals surface area contributed by atoms with Crippen molar-refractivity contribution in [2.75, 3.05) is 23.3 Å². The first-order valence-electron chi connectivity index (χ1n) is 9.41. The van der Waals surface area contributed by atoms with Crippen LogP contribution in [0.5, 0.6) is 0 Å². The van der Waals surface area contributed by atoms with E-state index in [0.29, 0.717) is 0 Å². The van der Waals surface area contributed by atoms with Gasteiger partial charge < -0.3 is 10.2 Å². The molecule has 138 valence electrons. The number of carbonyl (C=O) groups excluding carboxylic acids is 1. The van der Waals surface area contributed by atoms with Crippen molar-refractivity contribution < 1.29 is 9.18 Å². The monoisotopic (exact) mass is 357 g/mol. The van der Waals surface area contributed by atoms with Crippen LogP contribution in [0.3, 0.4) is 0 Å². The second-order valence-corrected chi connectivity index (χ2v) is 7.29. The van der Waals surface area contributed by atoms with Crippen molar-refractivity contribution in [2.45, 2.75) is 44.4 Å². The van der Waals surface area contributed by atoms with E-state index in [1.54, 1.807) is 12.3 Å². The van der Waals surface area contributed by atoms with Gasteiger partial charge in [0, 0.05) is 24.9 Å². The van der Waals surface area contributed by atoms with Crippen molar-refractivity contribution in [3.05, 3.63) is 36.0 Å². The maximum atomic E-state index is 13.1. The van der Waals surface area contributed by atoms with Crippen molar-refractivity contribution in [3.8, 4) is 0 Å². The Hall–Kier alpha value is -2.44. The largest absolute Gasteiger partial charge is 0.356 e. The first-order chi connectivity index (χ1) is 12.7. The maximum absolute atomic E-state index is 13.1. The highest BCUT2D eigenvalue weighted by molar-refractivity contribution is 5.93. The van der Waals surface area contributed by atoms with Gasteiger partial charge in [-0.1, -0.05) is 12.8 Å². The molecule has 1 unspecified atom stereocenters. The summed E-state index contributed by atoms with van der Waals surface area (Å²) in [6.07, 6.45) is 9.22. The van der Waals surface area contributed by atoms with Crippen molar-refractivity contribution in [3.63, 3.8) is 0 Å². The molecule has 0 spiro atoms. The fourth-order valence-electron chi connectivity index (χ4n) is 4.11. The second-order valence-electron chi connectivity index (χ2n) is 7.29. The Morgan fingerprint density at radius 1 is 1.19 bits per heavy atom. The van der Waals surface area contributed by atoms with Crippen LogP contribution < -0.4 is 10.2 Å². The SMILES string of the molecule is O=C(Nc1cn[nH]c1C1CCCN(c2ccc(F)cn2)C1)C1CCCC1. The van der Waals surface area contributed by atoms with E-state index < -0.39 is 0 Å². The minimum absolute atomic E-state index is 0.109. The third-order valence-electron chi connectivity index (χ3n) is 5.52. The van der Waals surface area contributed by atoms with E-state index in [9.17, 15) is 9.18 Å². The highest BCUT2D eigenvalue weighted by Gasteiger charge is 2.28. The Bertz CT molecular complexity index is 754. The maximum Gasteiger partial charge on any atom is 0.227 e. The van der Waals surface area contributed by atoms with Gasteiger partial charge in [-0.3, -0.25) is 9.89 Å². The molecule has 2 aromatic heterocycles. The summed E-state index contributed by atoms with van der Waals surface area (Å²) in [7, 11) is 0. The van der Waals surface area contributed by atoms with Gasteiger partial charge in [0.25, 0.3) is 0 Å². The predicted octanol–water partition coefficient (Wildman–Crippen LogP) is 3.46. The number of carbonyl (C=O) groups is 1. The number of anilines is 2. The molecule has 4 rings (SSSR count). The average Bonchev–Trinajstić information content (AvgIpc) is 3.34. The molecule has 1 amide bonds. The molecule has 1 aliphatic carbocycles. The summed E-state index contributed by atoms with van der Waals surface area (Å²) in [5, 5.41) is 10.3. The summed E-state index contributed by atoms with van der Waals surface area (Å²) < 4.78 is 13.1. The van der Waals surface area contributed by atoms with Crippen molar-refractivity contribution >= 4 is 17.4 Å². The van der Waals surface area contributed by atoms with Gasteiger partial charge in [-0.05, 0) is 37.8 Å². The van der Waals surface area contributed by atoms with Gasteiger partial charge in [0.1, 0.15) is 11.6 Å². The Morgan fingerprint density at radius 2 is 2.04 bits per heavy atom. The highest BCUT2D eigenvalue weighted by atomic mass is 19.1. The summed E-state index contributed by atoms with van der Waals surface area (Å²) >= 11 is 0. The van der Waals surface area contributed by atoms with E-state index in [2.05, 4.69) is 25.4 Å². The van der Waals surface area contributed by atoms with Crippen LogP contribution in [0.2, 0.25) is 0 Å². The topological polar surface area (TPSA) is 73.9 Å². The average molecular weight is 357 g/mol. The zero-order chi connectivity index (χ0) is 17.9. The summed E-state index contributed by atoms with van der Waals surface area (Å²) in [6, 6.07) is 3.16. The molecule has 3 heterocycles. The lowest BCUT2D eigenvalue weighted by molar-refractivity contribution is -0.119. The molecule has 26 heavy (non-hydrogen) atoms. The Labute approximate surface area is 152 Å². The molecule has 1 saturated heterocycles. The first-order valence-corrected chi connectivity index (χ1v) is 9.41. The zero-order valence-electron chi connectivity index (χ0n) is 14.7. The number of pyridine rings is 1. The van der Waals surface area contributed by atoms with E-state index in [4.69, 9.17) is 0 Å². The lowest BCUT2D eigenvalue weighted by Gasteiger charge is -2.33. The quantitative estimate of drug-likeness (QED) is 0.879. The molecule has 0 bridgehead atoms. The molecule has 7 heteroatoms. The third-order valence-corrected chi connectivity index (χ3v) is 5.52. The van der Waals surface area contributed by atoms with Gasteiger partial charge in [0.2, 0.25) is 5.91 Å². The van der Waals surface area contributed by atoms with Crippen LogP contribution in [0.25, 0.3) is 0 Å². The number of aromatic nitrogens is 3. The van der Waals surface area contributed by atoms with Gasteiger partial charge in [-0.25, -0.2) is 9.37 Å². The molecule has 1 saturated carbocycles. The minimum atomic E-state index is -0.326. The van der Waals surface area contributed by atoms with E-state index >= 15 is 0 Å². The Morgan fingerprint density at radius 3 is 2.81 bits per heavy atom. The van der Waals surface area contributed by atoms with Crippen LogP contribution in [0.15, 0.2) is 24.5 Å². The van der Waals surface area contributed by atoms with Crippen LogP contribution >= 0.6 is 0 Å². The lowest BCUT2D eigenvalue weighted by Crippen LogP contribution is -2.35. The fourth-order valence-corrected chi connectivity index (χ4v) is 4.11. The van der Waals surface area contributed by atoms with E-state index in [-0.39, 0.29) is 23.6 Å². The number of H-pyrrole nitrogens is 1. The molecule has 2 aromatic rings. The molecule has 1 aliphatic heterocycles. The van der Waals surface area contributed by atoms with Crippen molar-refractivity contribution in [1.82, 2.24) is 15.2 Å². The molecule has 0 aromatic carbocycles. The minimum Gasteiger partial charge on any atom is -0.356 e. The number of nitrogens with one attached hydrogen (secondary N) is 2. The van der Waals surface area contributed by atoms with Gasteiger partial charge in [-0.15, -0.1) is 0 Å². The number of rotatable bonds is 4. The van der Waals surface area contributed by atoms with Crippen molar-refractivity contribution in [2.24, 2.45) is 5.92 Å². The number of piperidine rings is 1. The number of amides is 1. The number of halogens is 1. The molecule has 1 atom stereocenters. The fraction of sp³-hybridized carbons (Fsp3) is 0.526. The molecule has 2 N–H and O–H groups in total. The molecule has 2 fully saturated rings. The molecular formula is C19H24FN5O. The van der Waals surface area contributed by atoms with Crippen LogP contribution in [-0.2, 0) is 4.79 Å². The van der Waals surface area contributed by atoms with Gasteiger partial charge in [0.15, 0.2) is 0 Å². The smallest absolute Gasteiger partial charge is 0.227 e. The first kappa shape index (κ1) is 17.0. The van der Waals surface area contributed by atoms with Crippen molar-refractivity contribution in [1.29, 1.82) is 0 Å². The molecule has 2 aliphatic rings. The number of hydrogen-bond acceptors (Lipinski definition) is 4. The summed E-state index contributed by atoms with van der Waals surface area (Å²) in [6.45, 7) is 1.67. The van der Waals surface area contributed by atoms with Crippen LogP contribution in [-0.4, -0.2) is 34.2 Å². The summed E-state index contributed by atoms with van der Waals surface area (Å²) in [5.41, 5.74) is 1.77. The zero-order valence-corrected chi connectivity index (χ0v) is 14.7. The van der Waals surface area contributed by atoms with Crippen LogP contribution in [0.1, 0.15) is 50.1 Å². The normalized spacial score (nSPS) is 21.1. The lowest BCUT2D eigenvalue weighted by atomic mass is 9.94. The van der Waals surface area contributed by atoms with E-state index in [1.807, 2.05) is 0 Å². The third kappa shape index (κ3) is 3.57. The highest BCUT2D eigenvalue weighted by Crippen LogP contribution is 2.33. The number of aromatic amines is 1. The Balaban J connectivity index is 1.46. The predicted molar refractivity (Wildman–Crippen MR) is 97.6 cm³/mol. The van der Waals surface area contributed by atoms with E-state index in [1.165, 1.54) is 12.3 Å². The molecular weight excluding hydrogens is 333 g/mol. The van der Waals surface area contributed by atoms with Gasteiger partial charge in [-0.2, -0.15) is 5.10 Å². The molecule has 6 nitrogen and oxygen atoms in total. The number of hydrogen-bond donors (Lipinski definition) is 2. The van der Waals surface area contributed by atoms with Gasteiger partial charge >= 0.3 is 0 Å². The standard InChI is InChI=1S/C19H24FN5O/c20-15-7-8-17(21-10-15)25-9-3-6-14(12-25)18-16(11-22-24-18)23-19(26)13-4-1-2-5-13/h7-8,10-11,13-14H,1-6,9,12H2,(H,22,24)(H,23,26). The van der Waals surface area contributed by atoms with Crippen LogP contribution in [0.4, 0.5) is 15.9 Å². The summed E-state index contributed by atoms with van der Waals surface area (Å²) in [5.74, 6) is 0.930. The second kappa shape index (κ2) is 7.43. The summed E-state index contributed by atoms with van der Waals surface area (Å²) in [4.78, 5) is 18.8. The number of nitrogens with zero attached hydrogens (tertiary/aromatic N) is 3. The molecule has 0 radical (unpaired) electrons. The van der Waals surface area contributed by atoms with Gasteiger partial charge in [0.05, 0.1) is 23.8 Å². The Kier molecular flexibility index (Phi) is 4.86. The van der Waals surface area contributed by atoms with E-state index in [0.717, 1.165) is 68.8 Å². The van der Waals surface area contributed by atoms with Crippen LogP contribution in [0, 0.1) is 11.7 Å².